The molecule has 18 heavy (non-hydrogen) atoms. The number of benzene rings is 1. The Hall–Kier alpha value is -0.550. The highest BCUT2D eigenvalue weighted by atomic mass is 79.9. The van der Waals surface area contributed by atoms with Crippen LogP contribution in [0.1, 0.15) is 23.4 Å². The lowest BCUT2D eigenvalue weighted by atomic mass is 10.1. The first kappa shape index (κ1) is 13.9. The van der Waals surface area contributed by atoms with E-state index in [0.29, 0.717) is 17.4 Å². The zero-order valence-corrected chi connectivity index (χ0v) is 13.0. The summed E-state index contributed by atoms with van der Waals surface area (Å²) in [5.74, 6) is 0.686. The number of halogens is 2. The predicted octanol–water partition coefficient (Wildman–Crippen LogP) is 4.76. The van der Waals surface area contributed by atoms with Gasteiger partial charge in [-0.2, -0.15) is 0 Å². The number of nitrogens with two attached hydrogens (primary N) is 1. The Kier molecular flexibility index (Phi) is 4.67. The summed E-state index contributed by atoms with van der Waals surface area (Å²) in [6, 6.07) is 9.67. The number of rotatable bonds is 4. The van der Waals surface area contributed by atoms with Crippen LogP contribution in [0.15, 0.2) is 34.1 Å². The zero-order chi connectivity index (χ0) is 13.1. The summed E-state index contributed by atoms with van der Waals surface area (Å²) < 4.78 is 6.78. The van der Waals surface area contributed by atoms with E-state index in [0.717, 1.165) is 14.2 Å². The second-order valence-electron chi connectivity index (χ2n) is 3.97. The number of hydrogen-bond donors (Lipinski definition) is 1. The van der Waals surface area contributed by atoms with Crippen LogP contribution in [-0.2, 0) is 6.61 Å². The molecule has 2 N–H and O–H groups in total. The molecule has 1 heterocycles. The second-order valence-corrected chi connectivity index (χ2v) is 6.93. The Balaban J connectivity index is 2.05. The van der Waals surface area contributed by atoms with Crippen molar-refractivity contribution in [2.24, 2.45) is 5.73 Å². The van der Waals surface area contributed by atoms with Crippen molar-refractivity contribution in [2.75, 3.05) is 0 Å². The molecule has 1 unspecified atom stereocenters. The quantitative estimate of drug-likeness (QED) is 0.866. The number of ether oxygens (including phenoxy) is 1. The first-order valence-corrected chi connectivity index (χ1v) is 7.47. The maximum Gasteiger partial charge on any atom is 0.138 e. The van der Waals surface area contributed by atoms with E-state index in [9.17, 15) is 0 Å². The predicted molar refractivity (Wildman–Crippen MR) is 80.4 cm³/mol. The first-order chi connectivity index (χ1) is 8.56. The smallest absolute Gasteiger partial charge is 0.138 e. The van der Waals surface area contributed by atoms with Crippen LogP contribution in [0, 0.1) is 0 Å². The molecule has 2 rings (SSSR count). The van der Waals surface area contributed by atoms with Crippen LogP contribution < -0.4 is 10.5 Å². The van der Waals surface area contributed by atoms with Gasteiger partial charge in [0.15, 0.2) is 0 Å². The van der Waals surface area contributed by atoms with Gasteiger partial charge in [0.05, 0.1) is 8.81 Å². The van der Waals surface area contributed by atoms with Gasteiger partial charge in [-0.25, -0.2) is 0 Å². The molecule has 0 amide bonds. The van der Waals surface area contributed by atoms with Crippen molar-refractivity contribution in [3.05, 3.63) is 49.6 Å². The van der Waals surface area contributed by atoms with Crippen LogP contribution in [-0.4, -0.2) is 0 Å². The summed E-state index contributed by atoms with van der Waals surface area (Å²) >= 11 is 11.2. The van der Waals surface area contributed by atoms with E-state index in [-0.39, 0.29) is 6.04 Å². The van der Waals surface area contributed by atoms with E-state index in [4.69, 9.17) is 22.1 Å². The van der Waals surface area contributed by atoms with E-state index in [1.807, 2.05) is 37.3 Å². The van der Waals surface area contributed by atoms with Crippen LogP contribution in [0.25, 0.3) is 0 Å². The minimum atomic E-state index is -0.0233. The van der Waals surface area contributed by atoms with Crippen molar-refractivity contribution in [3.8, 4) is 5.75 Å². The third kappa shape index (κ3) is 3.48. The largest absolute Gasteiger partial charge is 0.487 e. The highest BCUT2D eigenvalue weighted by Crippen LogP contribution is 2.29. The van der Waals surface area contributed by atoms with Crippen LogP contribution in [0.3, 0.4) is 0 Å². The minimum Gasteiger partial charge on any atom is -0.487 e. The number of thiophene rings is 1. The van der Waals surface area contributed by atoms with Crippen molar-refractivity contribution in [1.29, 1.82) is 0 Å². The lowest BCUT2D eigenvalue weighted by Crippen LogP contribution is -2.05. The average Bonchev–Trinajstić information content (AvgIpc) is 2.73. The Morgan fingerprint density at radius 1 is 1.39 bits per heavy atom. The maximum atomic E-state index is 6.16. The molecule has 0 aliphatic heterocycles. The zero-order valence-electron chi connectivity index (χ0n) is 9.82. The normalized spacial score (nSPS) is 12.4. The second kappa shape index (κ2) is 6.06. The van der Waals surface area contributed by atoms with Gasteiger partial charge in [0.1, 0.15) is 12.4 Å². The summed E-state index contributed by atoms with van der Waals surface area (Å²) in [7, 11) is 0. The van der Waals surface area contributed by atoms with Gasteiger partial charge in [-0.3, -0.25) is 0 Å². The highest BCUT2D eigenvalue weighted by Gasteiger charge is 2.06. The first-order valence-electron chi connectivity index (χ1n) is 5.48. The Labute approximate surface area is 124 Å². The van der Waals surface area contributed by atoms with E-state index < -0.39 is 0 Å². The van der Waals surface area contributed by atoms with Gasteiger partial charge in [0.25, 0.3) is 0 Å². The molecular weight excluding hydrogens is 334 g/mol. The third-order valence-electron chi connectivity index (χ3n) is 2.48. The fourth-order valence-electron chi connectivity index (χ4n) is 1.50. The molecule has 0 saturated carbocycles. The van der Waals surface area contributed by atoms with Gasteiger partial charge in [-0.1, -0.05) is 17.7 Å². The Morgan fingerprint density at radius 2 is 2.17 bits per heavy atom. The summed E-state index contributed by atoms with van der Waals surface area (Å²) in [6.07, 6.45) is 0. The minimum absolute atomic E-state index is 0.0233. The van der Waals surface area contributed by atoms with Gasteiger partial charge in [0, 0.05) is 10.9 Å². The van der Waals surface area contributed by atoms with E-state index in [2.05, 4.69) is 15.9 Å². The molecule has 1 aromatic carbocycles. The molecule has 0 aliphatic carbocycles. The summed E-state index contributed by atoms with van der Waals surface area (Å²) in [5.41, 5.74) is 6.80. The van der Waals surface area contributed by atoms with Gasteiger partial charge < -0.3 is 10.5 Å². The molecule has 0 spiro atoms. The lowest BCUT2D eigenvalue weighted by molar-refractivity contribution is 0.310. The fourth-order valence-corrected chi connectivity index (χ4v) is 3.14. The van der Waals surface area contributed by atoms with Gasteiger partial charge in [-0.05, 0) is 52.7 Å². The molecule has 1 aromatic heterocycles. The molecule has 0 bridgehead atoms. The Bertz CT molecular complexity index is 542. The molecule has 5 heteroatoms. The Morgan fingerprint density at radius 3 is 2.72 bits per heavy atom. The molecule has 0 saturated heterocycles. The SMILES string of the molecule is CC(N)c1ccc(OCc2ccc(Br)s2)c(Cl)c1. The van der Waals surface area contributed by atoms with Crippen molar-refractivity contribution in [2.45, 2.75) is 19.6 Å². The molecule has 2 aromatic rings. The van der Waals surface area contributed by atoms with Crippen molar-refractivity contribution in [3.63, 3.8) is 0 Å². The molecule has 1 atom stereocenters. The van der Waals surface area contributed by atoms with E-state index in [1.165, 1.54) is 0 Å². The molecule has 96 valence electrons. The van der Waals surface area contributed by atoms with Gasteiger partial charge in [-0.15, -0.1) is 11.3 Å². The molecular formula is C13H13BrClNOS. The maximum absolute atomic E-state index is 6.16. The van der Waals surface area contributed by atoms with E-state index in [1.54, 1.807) is 11.3 Å². The van der Waals surface area contributed by atoms with Crippen molar-refractivity contribution in [1.82, 2.24) is 0 Å². The van der Waals surface area contributed by atoms with Crippen LogP contribution >= 0.6 is 38.9 Å². The van der Waals surface area contributed by atoms with E-state index >= 15 is 0 Å². The fraction of sp³-hybridized carbons (Fsp3) is 0.231. The summed E-state index contributed by atoms with van der Waals surface area (Å²) in [5, 5.41) is 0.598. The van der Waals surface area contributed by atoms with Gasteiger partial charge >= 0.3 is 0 Å². The summed E-state index contributed by atoms with van der Waals surface area (Å²) in [4.78, 5) is 1.15. The lowest BCUT2D eigenvalue weighted by Gasteiger charge is -2.10. The monoisotopic (exact) mass is 345 g/mol. The number of hydrogen-bond acceptors (Lipinski definition) is 3. The van der Waals surface area contributed by atoms with Crippen LogP contribution in [0.5, 0.6) is 5.75 Å². The average molecular weight is 347 g/mol. The standard InChI is InChI=1S/C13H13BrClNOS/c1-8(16)9-2-4-12(11(15)6-9)17-7-10-3-5-13(14)18-10/h2-6,8H,7,16H2,1H3. The third-order valence-corrected chi connectivity index (χ3v) is 4.37. The van der Waals surface area contributed by atoms with Crippen LogP contribution in [0.2, 0.25) is 5.02 Å². The van der Waals surface area contributed by atoms with Crippen molar-refractivity contribution < 1.29 is 4.74 Å². The summed E-state index contributed by atoms with van der Waals surface area (Å²) in [6.45, 7) is 2.45. The molecule has 0 aliphatic rings. The molecule has 0 radical (unpaired) electrons. The molecule has 0 fully saturated rings. The van der Waals surface area contributed by atoms with Crippen molar-refractivity contribution >= 4 is 38.9 Å². The van der Waals surface area contributed by atoms with Crippen LogP contribution in [0.4, 0.5) is 0 Å². The van der Waals surface area contributed by atoms with Gasteiger partial charge in [0.2, 0.25) is 0 Å². The topological polar surface area (TPSA) is 35.2 Å². The molecule has 2 nitrogen and oxygen atoms in total. The highest BCUT2D eigenvalue weighted by molar-refractivity contribution is 9.11.